The summed E-state index contributed by atoms with van der Waals surface area (Å²) in [6.07, 6.45) is 1.48. The maximum absolute atomic E-state index is 11.8. The monoisotopic (exact) mass is 323 g/mol. The van der Waals surface area contributed by atoms with Crippen LogP contribution in [0.15, 0.2) is 48.5 Å². The molecule has 4 nitrogen and oxygen atoms in total. The molecule has 0 aromatic heterocycles. The van der Waals surface area contributed by atoms with Gasteiger partial charge in [0.25, 0.3) is 0 Å². The molecule has 0 aliphatic rings. The van der Waals surface area contributed by atoms with E-state index in [1.807, 2.05) is 56.3 Å². The zero-order chi connectivity index (χ0) is 17.7. The largest absolute Gasteiger partial charge is 0.466 e. The average Bonchev–Trinajstić information content (AvgIpc) is 2.55. The number of aryl methyl sites for hydroxylation is 2. The summed E-state index contributed by atoms with van der Waals surface area (Å²) >= 11 is 0. The van der Waals surface area contributed by atoms with Gasteiger partial charge in [-0.15, -0.1) is 0 Å². The maximum atomic E-state index is 11.8. The predicted octanol–water partition coefficient (Wildman–Crippen LogP) is 3.87. The Balaban J connectivity index is 2.59. The highest BCUT2D eigenvalue weighted by molar-refractivity contribution is 5.98. The molecule has 0 aliphatic carbocycles. The Bertz CT molecular complexity index is 789. The molecule has 1 N–H and O–H groups in total. The summed E-state index contributed by atoms with van der Waals surface area (Å²) in [5.74, 6) is -0.562. The second kappa shape index (κ2) is 7.59. The first-order valence-corrected chi connectivity index (χ1v) is 7.66. The van der Waals surface area contributed by atoms with E-state index in [2.05, 4.69) is 5.32 Å². The number of amides is 1. The van der Waals surface area contributed by atoms with Crippen molar-refractivity contribution in [3.05, 3.63) is 70.8 Å². The van der Waals surface area contributed by atoms with Crippen molar-refractivity contribution in [2.24, 2.45) is 0 Å². The van der Waals surface area contributed by atoms with Crippen LogP contribution in [-0.2, 0) is 14.3 Å². The highest BCUT2D eigenvalue weighted by atomic mass is 16.5. The third-order valence-electron chi connectivity index (χ3n) is 3.67. The fourth-order valence-corrected chi connectivity index (χ4v) is 2.42. The van der Waals surface area contributed by atoms with Gasteiger partial charge in [0.05, 0.1) is 7.11 Å². The molecule has 2 rings (SSSR count). The Morgan fingerprint density at radius 3 is 2.29 bits per heavy atom. The number of benzene rings is 2. The van der Waals surface area contributed by atoms with Crippen LogP contribution in [0, 0.1) is 13.8 Å². The summed E-state index contributed by atoms with van der Waals surface area (Å²) < 4.78 is 4.80. The van der Waals surface area contributed by atoms with Crippen molar-refractivity contribution >= 4 is 23.1 Å². The standard InChI is InChI=1S/C20H21NO3/c1-13-5-8-16(9-6-13)19(12-20(23)24-4)18-11-17(21-15(3)22)10-7-14(18)2/h5-12H,1-4H3,(H,21,22)/b19-12+. The topological polar surface area (TPSA) is 55.4 Å². The van der Waals surface area contributed by atoms with Gasteiger partial charge in [-0.1, -0.05) is 35.9 Å². The summed E-state index contributed by atoms with van der Waals surface area (Å²) in [5.41, 5.74) is 5.36. The lowest BCUT2D eigenvalue weighted by atomic mass is 9.93. The number of hydrogen-bond donors (Lipinski definition) is 1. The molecule has 124 valence electrons. The van der Waals surface area contributed by atoms with Crippen molar-refractivity contribution in [3.8, 4) is 0 Å². The molecule has 0 spiro atoms. The fourth-order valence-electron chi connectivity index (χ4n) is 2.42. The van der Waals surface area contributed by atoms with Gasteiger partial charge < -0.3 is 10.1 Å². The van der Waals surface area contributed by atoms with E-state index in [4.69, 9.17) is 4.74 Å². The van der Waals surface area contributed by atoms with Crippen LogP contribution in [-0.4, -0.2) is 19.0 Å². The Labute approximate surface area is 142 Å². The Hall–Kier alpha value is -2.88. The minimum Gasteiger partial charge on any atom is -0.466 e. The molecule has 2 aromatic rings. The van der Waals surface area contributed by atoms with Crippen molar-refractivity contribution in [1.82, 2.24) is 0 Å². The first kappa shape index (κ1) is 17.5. The molecule has 0 heterocycles. The van der Waals surface area contributed by atoms with Crippen molar-refractivity contribution in [1.29, 1.82) is 0 Å². The van der Waals surface area contributed by atoms with Gasteiger partial charge >= 0.3 is 5.97 Å². The molecule has 4 heteroatoms. The molecule has 2 aromatic carbocycles. The summed E-state index contributed by atoms with van der Waals surface area (Å²) in [7, 11) is 1.35. The fraction of sp³-hybridized carbons (Fsp3) is 0.200. The summed E-state index contributed by atoms with van der Waals surface area (Å²) in [5, 5.41) is 2.77. The first-order valence-electron chi connectivity index (χ1n) is 7.66. The number of anilines is 1. The van der Waals surface area contributed by atoms with Crippen LogP contribution in [0.25, 0.3) is 5.57 Å². The molecule has 24 heavy (non-hydrogen) atoms. The lowest BCUT2D eigenvalue weighted by Crippen LogP contribution is -2.07. The zero-order valence-corrected chi connectivity index (χ0v) is 14.3. The van der Waals surface area contributed by atoms with Gasteiger partial charge in [0.2, 0.25) is 5.91 Å². The van der Waals surface area contributed by atoms with Gasteiger partial charge in [0.1, 0.15) is 0 Å². The normalized spacial score (nSPS) is 11.1. The lowest BCUT2D eigenvalue weighted by molar-refractivity contribution is -0.134. The second-order valence-electron chi connectivity index (χ2n) is 5.66. The Morgan fingerprint density at radius 2 is 1.71 bits per heavy atom. The zero-order valence-electron chi connectivity index (χ0n) is 14.3. The smallest absolute Gasteiger partial charge is 0.331 e. The molecule has 0 radical (unpaired) electrons. The van der Waals surface area contributed by atoms with Crippen LogP contribution < -0.4 is 5.32 Å². The quantitative estimate of drug-likeness (QED) is 0.686. The molecule has 0 saturated heterocycles. The van der Waals surface area contributed by atoms with Gasteiger partial charge in [0.15, 0.2) is 0 Å². The number of rotatable bonds is 4. The van der Waals surface area contributed by atoms with Crippen molar-refractivity contribution in [2.75, 3.05) is 12.4 Å². The van der Waals surface area contributed by atoms with Crippen molar-refractivity contribution in [3.63, 3.8) is 0 Å². The van der Waals surface area contributed by atoms with Crippen molar-refractivity contribution in [2.45, 2.75) is 20.8 Å². The van der Waals surface area contributed by atoms with Crippen LogP contribution in [0.4, 0.5) is 5.69 Å². The van der Waals surface area contributed by atoms with E-state index in [1.165, 1.54) is 20.1 Å². The van der Waals surface area contributed by atoms with Gasteiger partial charge in [-0.3, -0.25) is 4.79 Å². The number of ether oxygens (including phenoxy) is 1. The molecule has 1 amide bonds. The number of carbonyl (C=O) groups is 2. The molecule has 0 saturated carbocycles. The van der Waals surface area contributed by atoms with Crippen LogP contribution >= 0.6 is 0 Å². The molecular weight excluding hydrogens is 302 g/mol. The highest BCUT2D eigenvalue weighted by Crippen LogP contribution is 2.29. The Morgan fingerprint density at radius 1 is 1.04 bits per heavy atom. The molecule has 0 bridgehead atoms. The molecule has 0 aliphatic heterocycles. The average molecular weight is 323 g/mol. The lowest BCUT2D eigenvalue weighted by Gasteiger charge is -2.14. The van der Waals surface area contributed by atoms with Crippen LogP contribution in [0.3, 0.4) is 0 Å². The van der Waals surface area contributed by atoms with Crippen molar-refractivity contribution < 1.29 is 14.3 Å². The van der Waals surface area contributed by atoms with E-state index < -0.39 is 5.97 Å². The number of hydrogen-bond acceptors (Lipinski definition) is 3. The SMILES string of the molecule is COC(=O)/C=C(\c1ccc(C)cc1)c1cc(NC(C)=O)ccc1C. The summed E-state index contributed by atoms with van der Waals surface area (Å²) in [4.78, 5) is 23.2. The van der Waals surface area contributed by atoms with E-state index in [-0.39, 0.29) is 5.91 Å². The second-order valence-corrected chi connectivity index (χ2v) is 5.66. The Kier molecular flexibility index (Phi) is 5.53. The van der Waals surface area contributed by atoms with E-state index in [0.29, 0.717) is 5.69 Å². The third kappa shape index (κ3) is 4.32. The van der Waals surface area contributed by atoms with E-state index in [0.717, 1.165) is 27.8 Å². The molecule has 0 fully saturated rings. The van der Waals surface area contributed by atoms with Gasteiger partial charge in [-0.2, -0.15) is 0 Å². The third-order valence-corrected chi connectivity index (χ3v) is 3.67. The number of methoxy groups -OCH3 is 1. The molecule has 0 unspecified atom stereocenters. The highest BCUT2D eigenvalue weighted by Gasteiger charge is 2.12. The van der Waals surface area contributed by atoms with E-state index in [1.54, 1.807) is 0 Å². The number of carbonyl (C=O) groups excluding carboxylic acids is 2. The number of nitrogens with one attached hydrogen (secondary N) is 1. The van der Waals surface area contributed by atoms with Crippen LogP contribution in [0.2, 0.25) is 0 Å². The van der Waals surface area contributed by atoms with Crippen LogP contribution in [0.1, 0.15) is 29.2 Å². The van der Waals surface area contributed by atoms with Crippen LogP contribution in [0.5, 0.6) is 0 Å². The molecule has 0 atom stereocenters. The first-order chi connectivity index (χ1) is 11.4. The van der Waals surface area contributed by atoms with Gasteiger partial charge in [-0.25, -0.2) is 4.79 Å². The summed E-state index contributed by atoms with van der Waals surface area (Å²) in [6, 6.07) is 13.5. The predicted molar refractivity (Wildman–Crippen MR) is 95.8 cm³/mol. The minimum absolute atomic E-state index is 0.140. The maximum Gasteiger partial charge on any atom is 0.331 e. The molecular formula is C20H21NO3. The number of esters is 1. The van der Waals surface area contributed by atoms with Gasteiger partial charge in [0, 0.05) is 18.7 Å². The van der Waals surface area contributed by atoms with E-state index >= 15 is 0 Å². The van der Waals surface area contributed by atoms with Gasteiger partial charge in [-0.05, 0) is 48.2 Å². The summed E-state index contributed by atoms with van der Waals surface area (Å²) in [6.45, 7) is 5.44. The minimum atomic E-state index is -0.421. The van der Waals surface area contributed by atoms with E-state index in [9.17, 15) is 9.59 Å².